The van der Waals surface area contributed by atoms with Gasteiger partial charge in [-0.2, -0.15) is 0 Å². The van der Waals surface area contributed by atoms with Crippen LogP contribution in [0.1, 0.15) is 53.1 Å². The van der Waals surface area contributed by atoms with Crippen LogP contribution in [0.3, 0.4) is 0 Å². The van der Waals surface area contributed by atoms with Gasteiger partial charge in [0.1, 0.15) is 11.6 Å². The number of amides is 2. The number of unbranched alkanes of at least 4 members (excludes halogenated alkanes) is 1. The number of nitrogens with zero attached hydrogens (tertiary/aromatic N) is 2. The Morgan fingerprint density at radius 3 is 1.75 bits per heavy atom. The topological polar surface area (TPSA) is 40.6 Å². The van der Waals surface area contributed by atoms with Crippen molar-refractivity contribution in [1.82, 2.24) is 9.80 Å². The molecule has 1 saturated heterocycles. The summed E-state index contributed by atoms with van der Waals surface area (Å²) in [6, 6.07) is 20.1. The fourth-order valence-electron chi connectivity index (χ4n) is 4.63. The lowest BCUT2D eigenvalue weighted by molar-refractivity contribution is -0.132. The molecule has 1 aliphatic heterocycles. The normalized spacial score (nSPS) is 13.8. The van der Waals surface area contributed by atoms with E-state index in [0.717, 1.165) is 34.9 Å². The Labute approximate surface area is 219 Å². The molecule has 0 saturated carbocycles. The third kappa shape index (κ3) is 6.78. The quantitative estimate of drug-likeness (QED) is 0.302. The van der Waals surface area contributed by atoms with E-state index in [1.165, 1.54) is 24.3 Å². The van der Waals surface area contributed by atoms with Crippen LogP contribution in [0, 0.1) is 11.6 Å². The number of carbonyl (C=O) groups excluding carboxylic acids is 2. The van der Waals surface area contributed by atoms with Crippen molar-refractivity contribution in [3.8, 4) is 0 Å². The van der Waals surface area contributed by atoms with Gasteiger partial charge in [-0.3, -0.25) is 9.59 Å². The Balaban J connectivity index is 1.26. The lowest BCUT2D eigenvalue weighted by Gasteiger charge is -2.35. The van der Waals surface area contributed by atoms with Gasteiger partial charge in [-0.25, -0.2) is 8.78 Å². The maximum Gasteiger partial charge on any atom is 0.253 e. The molecule has 2 amide bonds. The Morgan fingerprint density at radius 2 is 1.22 bits per heavy atom. The van der Waals surface area contributed by atoms with Gasteiger partial charge in [0.2, 0.25) is 5.91 Å². The second-order valence-electron chi connectivity index (χ2n) is 9.08. The fourth-order valence-corrected chi connectivity index (χ4v) is 4.90. The number of rotatable bonds is 8. The molecule has 36 heavy (non-hydrogen) atoms. The van der Waals surface area contributed by atoms with E-state index in [2.05, 4.69) is 15.9 Å². The predicted octanol–water partition coefficient (Wildman–Crippen LogP) is 6.40. The van der Waals surface area contributed by atoms with Crippen molar-refractivity contribution in [1.29, 1.82) is 0 Å². The summed E-state index contributed by atoms with van der Waals surface area (Å²) < 4.78 is 27.8. The monoisotopic (exact) mass is 554 g/mol. The minimum absolute atomic E-state index is 0.00877. The van der Waals surface area contributed by atoms with Crippen molar-refractivity contribution in [3.05, 3.63) is 106 Å². The van der Waals surface area contributed by atoms with E-state index in [-0.39, 0.29) is 29.4 Å². The highest BCUT2D eigenvalue weighted by Gasteiger charge is 2.24. The van der Waals surface area contributed by atoms with E-state index in [0.29, 0.717) is 38.2 Å². The first-order valence-electron chi connectivity index (χ1n) is 12.2. The third-order valence-corrected chi connectivity index (χ3v) is 7.22. The summed E-state index contributed by atoms with van der Waals surface area (Å²) in [4.78, 5) is 29.1. The first-order valence-corrected chi connectivity index (χ1v) is 13.0. The SMILES string of the molecule is O=C(CCCCC(c1ccc(F)cc1)c1ccc(F)cc1)N1CCN(C(=O)c2ccc(Br)cc2)CC1. The van der Waals surface area contributed by atoms with Crippen LogP contribution in [0.25, 0.3) is 0 Å². The molecule has 4 nitrogen and oxygen atoms in total. The summed E-state index contributed by atoms with van der Waals surface area (Å²) in [6.45, 7) is 2.12. The molecule has 0 aromatic heterocycles. The zero-order valence-electron chi connectivity index (χ0n) is 20.0. The van der Waals surface area contributed by atoms with Crippen LogP contribution in [-0.4, -0.2) is 47.8 Å². The molecule has 0 bridgehead atoms. The van der Waals surface area contributed by atoms with Crippen molar-refractivity contribution in [2.45, 2.75) is 31.6 Å². The van der Waals surface area contributed by atoms with Crippen LogP contribution >= 0.6 is 15.9 Å². The van der Waals surface area contributed by atoms with Crippen LogP contribution in [0.15, 0.2) is 77.3 Å². The smallest absolute Gasteiger partial charge is 0.253 e. The standard InChI is InChI=1S/C29H29BrF2N2O2/c30-24-11-5-23(6-12-24)29(36)34-19-17-33(18-20-34)28(35)4-2-1-3-27(21-7-13-25(31)14-8-21)22-9-15-26(32)16-10-22/h5-16,27H,1-4,17-20H2. The summed E-state index contributed by atoms with van der Waals surface area (Å²) in [6.07, 6.45) is 2.77. The van der Waals surface area contributed by atoms with E-state index in [1.54, 1.807) is 41.3 Å². The summed E-state index contributed by atoms with van der Waals surface area (Å²) in [7, 11) is 0. The number of halogens is 3. The van der Waals surface area contributed by atoms with Gasteiger partial charge in [-0.1, -0.05) is 46.6 Å². The average molecular weight is 555 g/mol. The van der Waals surface area contributed by atoms with Gasteiger partial charge in [0, 0.05) is 48.6 Å². The molecule has 3 aromatic rings. The van der Waals surface area contributed by atoms with Gasteiger partial charge < -0.3 is 9.80 Å². The van der Waals surface area contributed by atoms with Crippen molar-refractivity contribution in [2.75, 3.05) is 26.2 Å². The highest BCUT2D eigenvalue weighted by atomic mass is 79.9. The second kappa shape index (κ2) is 12.3. The largest absolute Gasteiger partial charge is 0.339 e. The molecule has 188 valence electrons. The number of hydrogen-bond donors (Lipinski definition) is 0. The molecule has 0 spiro atoms. The molecular formula is C29H29BrF2N2O2. The molecular weight excluding hydrogens is 526 g/mol. The Hall–Kier alpha value is -3.06. The summed E-state index contributed by atoms with van der Waals surface area (Å²) >= 11 is 3.38. The summed E-state index contributed by atoms with van der Waals surface area (Å²) in [5, 5.41) is 0. The van der Waals surface area contributed by atoms with Crippen LogP contribution in [0.5, 0.6) is 0 Å². The lowest BCUT2D eigenvalue weighted by atomic mass is 9.87. The first-order chi connectivity index (χ1) is 17.4. The van der Waals surface area contributed by atoms with Gasteiger partial charge in [-0.15, -0.1) is 0 Å². The fraction of sp³-hybridized carbons (Fsp3) is 0.310. The van der Waals surface area contributed by atoms with E-state index in [9.17, 15) is 18.4 Å². The molecule has 1 fully saturated rings. The molecule has 0 atom stereocenters. The van der Waals surface area contributed by atoms with Crippen molar-refractivity contribution in [3.63, 3.8) is 0 Å². The number of benzene rings is 3. The molecule has 0 N–H and O–H groups in total. The average Bonchev–Trinajstić information content (AvgIpc) is 2.90. The van der Waals surface area contributed by atoms with E-state index in [1.807, 2.05) is 17.0 Å². The Bertz CT molecular complexity index is 1110. The molecule has 3 aromatic carbocycles. The Kier molecular flexibility index (Phi) is 8.86. The minimum Gasteiger partial charge on any atom is -0.339 e. The number of piperazine rings is 1. The van der Waals surface area contributed by atoms with Crippen LogP contribution in [-0.2, 0) is 4.79 Å². The number of hydrogen-bond acceptors (Lipinski definition) is 2. The zero-order valence-corrected chi connectivity index (χ0v) is 21.6. The molecule has 0 aliphatic carbocycles. The molecule has 1 heterocycles. The molecule has 1 aliphatic rings. The zero-order chi connectivity index (χ0) is 25.5. The van der Waals surface area contributed by atoms with Crippen molar-refractivity contribution in [2.24, 2.45) is 0 Å². The highest BCUT2D eigenvalue weighted by Crippen LogP contribution is 2.30. The predicted molar refractivity (Wildman–Crippen MR) is 140 cm³/mol. The highest BCUT2D eigenvalue weighted by molar-refractivity contribution is 9.10. The van der Waals surface area contributed by atoms with E-state index < -0.39 is 0 Å². The van der Waals surface area contributed by atoms with Gasteiger partial charge in [0.05, 0.1) is 0 Å². The van der Waals surface area contributed by atoms with Gasteiger partial charge in [0.25, 0.3) is 5.91 Å². The van der Waals surface area contributed by atoms with Gasteiger partial charge in [0.15, 0.2) is 0 Å². The lowest BCUT2D eigenvalue weighted by Crippen LogP contribution is -2.50. The van der Waals surface area contributed by atoms with E-state index in [4.69, 9.17) is 0 Å². The Morgan fingerprint density at radius 1 is 0.722 bits per heavy atom. The summed E-state index contributed by atoms with van der Waals surface area (Å²) in [5.74, 6) is -0.482. The summed E-state index contributed by atoms with van der Waals surface area (Å²) in [5.41, 5.74) is 2.59. The maximum atomic E-state index is 13.4. The van der Waals surface area contributed by atoms with Crippen molar-refractivity contribution < 1.29 is 18.4 Å². The molecule has 7 heteroatoms. The first kappa shape index (κ1) is 26.0. The van der Waals surface area contributed by atoms with Gasteiger partial charge in [-0.05, 0) is 72.5 Å². The second-order valence-corrected chi connectivity index (χ2v) is 10.00. The minimum atomic E-state index is -0.291. The third-order valence-electron chi connectivity index (χ3n) is 6.69. The van der Waals surface area contributed by atoms with Gasteiger partial charge >= 0.3 is 0 Å². The van der Waals surface area contributed by atoms with Crippen molar-refractivity contribution >= 4 is 27.7 Å². The molecule has 4 rings (SSSR count). The van der Waals surface area contributed by atoms with E-state index >= 15 is 0 Å². The molecule has 0 radical (unpaired) electrons. The van der Waals surface area contributed by atoms with Crippen LogP contribution in [0.2, 0.25) is 0 Å². The number of carbonyl (C=O) groups is 2. The van der Waals surface area contributed by atoms with Crippen LogP contribution < -0.4 is 0 Å². The van der Waals surface area contributed by atoms with Crippen LogP contribution in [0.4, 0.5) is 8.78 Å². The maximum absolute atomic E-state index is 13.4. The molecule has 0 unspecified atom stereocenters.